The third-order valence-electron chi connectivity index (χ3n) is 7.00. The third kappa shape index (κ3) is 4.06. The van der Waals surface area contributed by atoms with Crippen LogP contribution in [0.2, 0.25) is 0 Å². The molecule has 6 heteroatoms. The molecule has 1 atom stereocenters. The van der Waals surface area contributed by atoms with Crippen molar-refractivity contribution in [1.82, 2.24) is 14.7 Å². The number of benzene rings is 3. The molecule has 3 aromatic carbocycles. The summed E-state index contributed by atoms with van der Waals surface area (Å²) >= 11 is 0. The van der Waals surface area contributed by atoms with Crippen molar-refractivity contribution in [3.63, 3.8) is 0 Å². The fourth-order valence-electron chi connectivity index (χ4n) is 5.21. The topological polar surface area (TPSA) is 86.9 Å². The van der Waals surface area contributed by atoms with Gasteiger partial charge in [-0.1, -0.05) is 65.8 Å². The summed E-state index contributed by atoms with van der Waals surface area (Å²) in [7, 11) is 0. The van der Waals surface area contributed by atoms with Gasteiger partial charge in [0.25, 0.3) is 0 Å². The Hall–Kier alpha value is -4.97. The molecule has 6 aromatic rings. The van der Waals surface area contributed by atoms with Gasteiger partial charge in [-0.2, -0.15) is 0 Å². The molecule has 2 N–H and O–H groups in total. The van der Waals surface area contributed by atoms with Crippen LogP contribution in [-0.2, 0) is 0 Å². The molecule has 3 aromatic heterocycles. The van der Waals surface area contributed by atoms with Gasteiger partial charge in [-0.15, -0.1) is 0 Å². The van der Waals surface area contributed by atoms with E-state index in [-0.39, 0.29) is 6.04 Å². The molecular weight excluding hydrogens is 472 g/mol. The number of hydrogen-bond acceptors (Lipinski definition) is 4. The number of rotatable bonds is 6. The highest BCUT2D eigenvalue weighted by Crippen LogP contribution is 2.39. The SMILES string of the molecule is Cc1noc(C)c1-c1ccc2c(-c3ccc(C(N)=O)cc3)cn([C@@H](c3ccccc3)c3ccccn3)c2c1. The lowest BCUT2D eigenvalue weighted by Gasteiger charge is -2.21. The number of nitrogens with zero attached hydrogens (tertiary/aromatic N) is 3. The van der Waals surface area contributed by atoms with E-state index in [1.165, 1.54) is 0 Å². The number of carbonyl (C=O) groups is 1. The molecule has 0 aliphatic heterocycles. The Morgan fingerprint density at radius 3 is 2.29 bits per heavy atom. The lowest BCUT2D eigenvalue weighted by Crippen LogP contribution is -2.12. The number of amides is 1. The zero-order chi connectivity index (χ0) is 26.2. The maximum absolute atomic E-state index is 11.7. The van der Waals surface area contributed by atoms with Gasteiger partial charge in [0.15, 0.2) is 0 Å². The first-order chi connectivity index (χ1) is 18.5. The van der Waals surface area contributed by atoms with Crippen LogP contribution in [0.15, 0.2) is 108 Å². The first-order valence-corrected chi connectivity index (χ1v) is 12.4. The molecule has 0 spiro atoms. The summed E-state index contributed by atoms with van der Waals surface area (Å²) in [5.74, 6) is 0.342. The van der Waals surface area contributed by atoms with Crippen LogP contribution in [0, 0.1) is 13.8 Å². The molecule has 0 bridgehead atoms. The molecule has 6 nitrogen and oxygen atoms in total. The van der Waals surface area contributed by atoms with E-state index in [0.29, 0.717) is 5.56 Å². The second kappa shape index (κ2) is 9.48. The number of pyridine rings is 1. The standard InChI is InChI=1S/C32H26N4O2/c1-20-30(21(2)38-35-20)25-15-16-26-27(22-11-13-24(14-12-22)32(33)37)19-36(29(26)18-25)31(23-8-4-3-5-9-23)28-10-6-7-17-34-28/h3-19,31H,1-2H3,(H2,33,37)/t31-/m0/s1. The van der Waals surface area contributed by atoms with E-state index in [1.807, 2.05) is 50.4 Å². The van der Waals surface area contributed by atoms with E-state index in [4.69, 9.17) is 15.2 Å². The molecule has 38 heavy (non-hydrogen) atoms. The Morgan fingerprint density at radius 2 is 1.63 bits per heavy atom. The Morgan fingerprint density at radius 1 is 0.895 bits per heavy atom. The number of fused-ring (bicyclic) bond motifs is 1. The molecule has 0 saturated heterocycles. The van der Waals surface area contributed by atoms with Gasteiger partial charge in [-0.3, -0.25) is 9.78 Å². The third-order valence-corrected chi connectivity index (χ3v) is 7.00. The van der Waals surface area contributed by atoms with E-state index in [2.05, 4.69) is 64.5 Å². The molecule has 6 rings (SSSR count). The maximum Gasteiger partial charge on any atom is 0.248 e. The first-order valence-electron chi connectivity index (χ1n) is 12.4. The quantitative estimate of drug-likeness (QED) is 0.276. The number of carbonyl (C=O) groups excluding carboxylic acids is 1. The lowest BCUT2D eigenvalue weighted by atomic mass is 9.99. The fraction of sp³-hybridized carbons (Fsp3) is 0.0938. The van der Waals surface area contributed by atoms with Crippen LogP contribution in [0.5, 0.6) is 0 Å². The number of nitrogens with two attached hydrogens (primary N) is 1. The maximum atomic E-state index is 11.7. The number of hydrogen-bond donors (Lipinski definition) is 1. The fourth-order valence-corrected chi connectivity index (χ4v) is 5.21. The van der Waals surface area contributed by atoms with Crippen LogP contribution in [0.1, 0.15) is 39.1 Å². The van der Waals surface area contributed by atoms with E-state index in [1.54, 1.807) is 12.1 Å². The van der Waals surface area contributed by atoms with Gasteiger partial charge in [0.2, 0.25) is 5.91 Å². The largest absolute Gasteiger partial charge is 0.366 e. The highest BCUT2D eigenvalue weighted by Gasteiger charge is 2.23. The Labute approximate surface area is 220 Å². The molecule has 0 aliphatic rings. The molecule has 0 saturated carbocycles. The smallest absolute Gasteiger partial charge is 0.248 e. The van der Waals surface area contributed by atoms with Crippen molar-refractivity contribution in [2.75, 3.05) is 0 Å². The average Bonchev–Trinajstić information content (AvgIpc) is 3.49. The molecule has 0 unspecified atom stereocenters. The summed E-state index contributed by atoms with van der Waals surface area (Å²) in [6.45, 7) is 3.90. The predicted molar refractivity (Wildman–Crippen MR) is 149 cm³/mol. The minimum absolute atomic E-state index is 0.154. The first kappa shape index (κ1) is 23.4. The molecule has 0 radical (unpaired) electrons. The van der Waals surface area contributed by atoms with Crippen molar-refractivity contribution in [3.05, 3.63) is 132 Å². The highest BCUT2D eigenvalue weighted by atomic mass is 16.5. The van der Waals surface area contributed by atoms with Crippen LogP contribution < -0.4 is 5.73 Å². The van der Waals surface area contributed by atoms with E-state index >= 15 is 0 Å². The van der Waals surface area contributed by atoms with Gasteiger partial charge in [-0.25, -0.2) is 0 Å². The summed E-state index contributed by atoms with van der Waals surface area (Å²) in [6.07, 6.45) is 4.00. The second-order valence-corrected chi connectivity index (χ2v) is 9.39. The average molecular weight is 499 g/mol. The van der Waals surface area contributed by atoms with Crippen LogP contribution in [0.25, 0.3) is 33.2 Å². The van der Waals surface area contributed by atoms with Crippen LogP contribution in [0.4, 0.5) is 0 Å². The molecule has 3 heterocycles. The minimum atomic E-state index is -0.442. The summed E-state index contributed by atoms with van der Waals surface area (Å²) in [5, 5.41) is 5.26. The molecular formula is C32H26N4O2. The summed E-state index contributed by atoms with van der Waals surface area (Å²) in [6, 6.07) is 30.1. The molecule has 0 fully saturated rings. The highest BCUT2D eigenvalue weighted by molar-refractivity contribution is 5.99. The number of aryl methyl sites for hydroxylation is 2. The second-order valence-electron chi connectivity index (χ2n) is 9.39. The van der Waals surface area contributed by atoms with Crippen molar-refractivity contribution in [2.45, 2.75) is 19.9 Å². The molecule has 0 aliphatic carbocycles. The van der Waals surface area contributed by atoms with Crippen molar-refractivity contribution in [3.8, 4) is 22.3 Å². The predicted octanol–water partition coefficient (Wildman–Crippen LogP) is 6.71. The Kier molecular flexibility index (Phi) is 5.85. The molecule has 186 valence electrons. The summed E-state index contributed by atoms with van der Waals surface area (Å²) < 4.78 is 7.76. The summed E-state index contributed by atoms with van der Waals surface area (Å²) in [4.78, 5) is 16.4. The van der Waals surface area contributed by atoms with Gasteiger partial charge >= 0.3 is 0 Å². The van der Waals surface area contributed by atoms with Crippen LogP contribution in [0.3, 0.4) is 0 Å². The zero-order valence-electron chi connectivity index (χ0n) is 21.1. The number of primary amides is 1. The minimum Gasteiger partial charge on any atom is -0.366 e. The normalized spacial score (nSPS) is 12.1. The van der Waals surface area contributed by atoms with Gasteiger partial charge < -0.3 is 14.8 Å². The van der Waals surface area contributed by atoms with Crippen molar-refractivity contribution in [2.24, 2.45) is 5.73 Å². The van der Waals surface area contributed by atoms with Crippen LogP contribution in [-0.4, -0.2) is 20.6 Å². The molecule has 1 amide bonds. The van der Waals surface area contributed by atoms with Gasteiger partial charge in [0.05, 0.1) is 16.9 Å². The van der Waals surface area contributed by atoms with Crippen molar-refractivity contribution in [1.29, 1.82) is 0 Å². The van der Waals surface area contributed by atoms with Gasteiger partial charge in [0.1, 0.15) is 11.8 Å². The zero-order valence-corrected chi connectivity index (χ0v) is 21.1. The lowest BCUT2D eigenvalue weighted by molar-refractivity contribution is 0.100. The van der Waals surface area contributed by atoms with Gasteiger partial charge in [0, 0.05) is 34.5 Å². The van der Waals surface area contributed by atoms with Crippen molar-refractivity contribution >= 4 is 16.8 Å². The van der Waals surface area contributed by atoms with Crippen LogP contribution >= 0.6 is 0 Å². The number of aromatic nitrogens is 3. The summed E-state index contributed by atoms with van der Waals surface area (Å²) in [5.41, 5.74) is 14.0. The Balaban J connectivity index is 1.63. The van der Waals surface area contributed by atoms with E-state index < -0.39 is 5.91 Å². The van der Waals surface area contributed by atoms with E-state index in [0.717, 1.165) is 55.9 Å². The Bertz CT molecular complexity index is 1690. The monoisotopic (exact) mass is 498 g/mol. The van der Waals surface area contributed by atoms with Gasteiger partial charge in [-0.05, 0) is 60.9 Å². The van der Waals surface area contributed by atoms with Crippen molar-refractivity contribution < 1.29 is 9.32 Å². The van der Waals surface area contributed by atoms with E-state index in [9.17, 15) is 4.79 Å².